The van der Waals surface area contributed by atoms with Crippen molar-refractivity contribution in [1.82, 2.24) is 4.31 Å². The number of ether oxygens (including phenoxy) is 1. The second-order valence-electron chi connectivity index (χ2n) is 7.57. The number of ketones is 1. The van der Waals surface area contributed by atoms with Gasteiger partial charge in [0.2, 0.25) is 10.0 Å². The predicted octanol–water partition coefficient (Wildman–Crippen LogP) is 3.74. The molecule has 1 saturated heterocycles. The van der Waals surface area contributed by atoms with Crippen LogP contribution in [0.1, 0.15) is 31.9 Å². The SMILES string of the molecule is C[C@H]1CCC/C(=C/c2ccc(-c3ccc(S(=O)(=O)N4CCOCC4)cc3)o2)C1=O. The van der Waals surface area contributed by atoms with Crippen molar-refractivity contribution in [3.8, 4) is 11.3 Å². The number of allylic oxidation sites excluding steroid dienone is 1. The zero-order chi connectivity index (χ0) is 20.4. The van der Waals surface area contributed by atoms with Crippen molar-refractivity contribution < 1.29 is 22.4 Å². The third kappa shape index (κ3) is 4.22. The number of carbonyl (C=O) groups is 1. The van der Waals surface area contributed by atoms with E-state index in [0.717, 1.165) is 30.4 Å². The highest BCUT2D eigenvalue weighted by atomic mass is 32.2. The lowest BCUT2D eigenvalue weighted by Gasteiger charge is -2.26. The average molecular weight is 416 g/mol. The van der Waals surface area contributed by atoms with Crippen LogP contribution in [0.15, 0.2) is 51.3 Å². The van der Waals surface area contributed by atoms with Crippen LogP contribution in [0.2, 0.25) is 0 Å². The molecule has 0 spiro atoms. The molecule has 1 aromatic carbocycles. The Morgan fingerprint density at radius 3 is 2.52 bits per heavy atom. The van der Waals surface area contributed by atoms with Gasteiger partial charge in [0.1, 0.15) is 11.5 Å². The second-order valence-corrected chi connectivity index (χ2v) is 9.51. The van der Waals surface area contributed by atoms with Crippen molar-refractivity contribution in [2.75, 3.05) is 26.3 Å². The van der Waals surface area contributed by atoms with E-state index in [0.29, 0.717) is 37.8 Å². The molecule has 0 amide bonds. The molecule has 1 saturated carbocycles. The summed E-state index contributed by atoms with van der Waals surface area (Å²) in [6.07, 6.45) is 4.58. The van der Waals surface area contributed by atoms with Crippen LogP contribution in [0.3, 0.4) is 0 Å². The largest absolute Gasteiger partial charge is 0.457 e. The van der Waals surface area contributed by atoms with Crippen molar-refractivity contribution in [2.45, 2.75) is 31.1 Å². The fourth-order valence-electron chi connectivity index (χ4n) is 3.80. The fraction of sp³-hybridized carbons (Fsp3) is 0.409. The van der Waals surface area contributed by atoms with Gasteiger partial charge in [-0.15, -0.1) is 0 Å². The molecule has 2 heterocycles. The van der Waals surface area contributed by atoms with Gasteiger partial charge in [0, 0.05) is 24.6 Å². The van der Waals surface area contributed by atoms with Crippen molar-refractivity contribution in [3.63, 3.8) is 0 Å². The van der Waals surface area contributed by atoms with E-state index >= 15 is 0 Å². The van der Waals surface area contributed by atoms with Crippen LogP contribution < -0.4 is 0 Å². The van der Waals surface area contributed by atoms with Gasteiger partial charge in [-0.3, -0.25) is 4.79 Å². The molecule has 1 aliphatic carbocycles. The van der Waals surface area contributed by atoms with Gasteiger partial charge in [-0.25, -0.2) is 8.42 Å². The number of sulfonamides is 1. The first-order valence-corrected chi connectivity index (χ1v) is 11.4. The van der Waals surface area contributed by atoms with Crippen LogP contribution in [0.5, 0.6) is 0 Å². The highest BCUT2D eigenvalue weighted by molar-refractivity contribution is 7.89. The molecule has 2 aliphatic rings. The van der Waals surface area contributed by atoms with Crippen molar-refractivity contribution >= 4 is 21.9 Å². The van der Waals surface area contributed by atoms with E-state index in [1.807, 2.05) is 25.1 Å². The maximum absolute atomic E-state index is 12.7. The Hall–Kier alpha value is -2.22. The Labute approximate surface area is 171 Å². The molecule has 0 N–H and O–H groups in total. The number of morpholine rings is 1. The molecule has 29 heavy (non-hydrogen) atoms. The minimum atomic E-state index is -3.51. The van der Waals surface area contributed by atoms with Crippen molar-refractivity contribution in [2.24, 2.45) is 5.92 Å². The van der Waals surface area contributed by atoms with Gasteiger partial charge in [0.25, 0.3) is 0 Å². The highest BCUT2D eigenvalue weighted by Gasteiger charge is 2.26. The predicted molar refractivity (Wildman–Crippen MR) is 110 cm³/mol. The van der Waals surface area contributed by atoms with Gasteiger partial charge >= 0.3 is 0 Å². The van der Waals surface area contributed by atoms with E-state index in [2.05, 4.69) is 0 Å². The third-order valence-electron chi connectivity index (χ3n) is 5.54. The number of hydrogen-bond acceptors (Lipinski definition) is 5. The lowest BCUT2D eigenvalue weighted by molar-refractivity contribution is -0.119. The summed E-state index contributed by atoms with van der Waals surface area (Å²) in [4.78, 5) is 12.6. The number of Topliss-reactive ketones (excluding diaryl/α,β-unsaturated/α-hetero) is 1. The van der Waals surface area contributed by atoms with Crippen molar-refractivity contribution in [1.29, 1.82) is 0 Å². The van der Waals surface area contributed by atoms with Crippen LogP contribution >= 0.6 is 0 Å². The van der Waals surface area contributed by atoms with Crippen LogP contribution in [-0.2, 0) is 19.6 Å². The first kappa shape index (κ1) is 20.1. The van der Waals surface area contributed by atoms with Gasteiger partial charge in [-0.05, 0) is 67.3 Å². The van der Waals surface area contributed by atoms with Gasteiger partial charge in [-0.2, -0.15) is 4.31 Å². The van der Waals surface area contributed by atoms with E-state index in [1.165, 1.54) is 4.31 Å². The first-order chi connectivity index (χ1) is 13.9. The summed E-state index contributed by atoms with van der Waals surface area (Å²) < 4.78 is 38.0. The topological polar surface area (TPSA) is 76.8 Å². The monoisotopic (exact) mass is 415 g/mol. The summed E-state index contributed by atoms with van der Waals surface area (Å²) in [6, 6.07) is 10.4. The summed E-state index contributed by atoms with van der Waals surface area (Å²) in [7, 11) is -3.51. The molecule has 1 aliphatic heterocycles. The molecule has 4 rings (SSSR count). The van der Waals surface area contributed by atoms with Gasteiger partial charge < -0.3 is 9.15 Å². The van der Waals surface area contributed by atoms with E-state index in [1.54, 1.807) is 24.3 Å². The van der Waals surface area contributed by atoms with Crippen molar-refractivity contribution in [3.05, 3.63) is 47.7 Å². The average Bonchev–Trinajstić information content (AvgIpc) is 3.21. The Morgan fingerprint density at radius 2 is 1.79 bits per heavy atom. The number of carbonyl (C=O) groups excluding carboxylic acids is 1. The number of rotatable bonds is 4. The fourth-order valence-corrected chi connectivity index (χ4v) is 5.21. The molecule has 1 atom stereocenters. The maximum Gasteiger partial charge on any atom is 0.243 e. The molecule has 0 radical (unpaired) electrons. The molecular formula is C22H25NO5S. The zero-order valence-corrected chi connectivity index (χ0v) is 17.3. The summed E-state index contributed by atoms with van der Waals surface area (Å²) in [5.74, 6) is 1.56. The van der Waals surface area contributed by atoms with Crippen LogP contribution in [0.25, 0.3) is 17.4 Å². The smallest absolute Gasteiger partial charge is 0.243 e. The zero-order valence-electron chi connectivity index (χ0n) is 16.5. The molecule has 2 fully saturated rings. The highest BCUT2D eigenvalue weighted by Crippen LogP contribution is 2.29. The molecule has 2 aromatic rings. The number of benzene rings is 1. The molecule has 1 aromatic heterocycles. The minimum Gasteiger partial charge on any atom is -0.457 e. The summed E-state index contributed by atoms with van der Waals surface area (Å²) in [6.45, 7) is 3.55. The standard InChI is InChI=1S/C22H25NO5S/c1-16-3-2-4-18(22(16)24)15-19-7-10-21(28-19)17-5-8-20(9-6-17)29(25,26)23-11-13-27-14-12-23/h5-10,15-16H,2-4,11-14H2,1H3/b18-15-/t16-/m0/s1. The quantitative estimate of drug-likeness (QED) is 0.711. The lowest BCUT2D eigenvalue weighted by atomic mass is 9.85. The lowest BCUT2D eigenvalue weighted by Crippen LogP contribution is -2.40. The van der Waals surface area contributed by atoms with Crippen LogP contribution in [0.4, 0.5) is 0 Å². The summed E-state index contributed by atoms with van der Waals surface area (Å²) in [5.41, 5.74) is 1.61. The Morgan fingerprint density at radius 1 is 1.07 bits per heavy atom. The molecule has 6 nitrogen and oxygen atoms in total. The molecule has 0 bridgehead atoms. The Balaban J connectivity index is 1.52. The normalized spacial score (nSPS) is 22.9. The van der Waals surface area contributed by atoms with Crippen LogP contribution in [-0.4, -0.2) is 44.8 Å². The number of nitrogens with zero attached hydrogens (tertiary/aromatic N) is 1. The molecule has 154 valence electrons. The second kappa shape index (κ2) is 8.26. The maximum atomic E-state index is 12.7. The van der Waals surface area contributed by atoms with Gasteiger partial charge in [-0.1, -0.05) is 6.92 Å². The first-order valence-electron chi connectivity index (χ1n) is 9.98. The Bertz CT molecular complexity index is 1010. The third-order valence-corrected chi connectivity index (χ3v) is 7.45. The van der Waals surface area contributed by atoms with E-state index in [9.17, 15) is 13.2 Å². The van der Waals surface area contributed by atoms with E-state index in [-0.39, 0.29) is 16.6 Å². The van der Waals surface area contributed by atoms with Gasteiger partial charge in [0.15, 0.2) is 5.78 Å². The molecular weight excluding hydrogens is 390 g/mol. The molecule has 0 unspecified atom stereocenters. The van der Waals surface area contributed by atoms with Gasteiger partial charge in [0.05, 0.1) is 18.1 Å². The molecule has 7 heteroatoms. The van der Waals surface area contributed by atoms with Crippen LogP contribution in [0, 0.1) is 5.92 Å². The van der Waals surface area contributed by atoms with E-state index < -0.39 is 10.0 Å². The summed E-state index contributed by atoms with van der Waals surface area (Å²) in [5, 5.41) is 0. The minimum absolute atomic E-state index is 0.0744. The Kier molecular flexibility index (Phi) is 5.72. The summed E-state index contributed by atoms with van der Waals surface area (Å²) >= 11 is 0. The van der Waals surface area contributed by atoms with E-state index in [4.69, 9.17) is 9.15 Å². The number of hydrogen-bond donors (Lipinski definition) is 0. The number of furan rings is 1.